The third kappa shape index (κ3) is 36.9. The quantitative estimate of drug-likeness (QED) is 0.0275. The Hall–Kier alpha value is -4.99. The SMILES string of the molecule is CCCCCCCCCCCCCCCCCCOc1cc(C(=O)OCC(=O)O[C@]2(O)C[C@H](n3ccc(NC(=O)c4ccccc4)nc3=O)O[C@@H]2CO)cc(OCCCCCCCCCCCCCCCCCC)c1OCCCCCCCCCCCCCCCCCC. The van der Waals surface area contributed by atoms with Gasteiger partial charge in [-0.05, 0) is 49.6 Å². The van der Waals surface area contributed by atoms with Crippen LogP contribution in [-0.4, -0.2) is 82.5 Å². The largest absolute Gasteiger partial charge is 0.490 e. The minimum absolute atomic E-state index is 0.00812. The number of anilines is 1. The highest BCUT2D eigenvalue weighted by Crippen LogP contribution is 2.41. The van der Waals surface area contributed by atoms with Crippen LogP contribution in [0.25, 0.3) is 0 Å². The fourth-order valence-electron chi connectivity index (χ4n) is 12.6. The molecule has 1 aromatic heterocycles. The van der Waals surface area contributed by atoms with Crippen molar-refractivity contribution in [2.75, 3.05) is 38.4 Å². The average molecular weight is 1310 g/mol. The molecule has 3 atom stereocenters. The number of aromatic nitrogens is 2. The van der Waals surface area contributed by atoms with Gasteiger partial charge in [0.05, 0.1) is 38.4 Å². The number of hydrogen-bond donors (Lipinski definition) is 3. The number of carbonyl (C=O) groups excluding carboxylic acids is 3. The number of esters is 2. The predicted molar refractivity (Wildman–Crippen MR) is 381 cm³/mol. The molecule has 94 heavy (non-hydrogen) atoms. The Morgan fingerprint density at radius 1 is 0.511 bits per heavy atom. The van der Waals surface area contributed by atoms with Gasteiger partial charge in [-0.3, -0.25) is 9.36 Å². The molecule has 1 aliphatic rings. The maximum absolute atomic E-state index is 14.1. The number of amides is 1. The summed E-state index contributed by atoms with van der Waals surface area (Å²) in [7, 11) is 0. The second kappa shape index (κ2) is 54.1. The van der Waals surface area contributed by atoms with Gasteiger partial charge in [0, 0.05) is 11.8 Å². The molecule has 1 amide bonds. The standard InChI is InChI=1S/C79H131N3O12/c1-4-7-10-13-16-19-22-25-28-31-34-37-40-43-46-52-59-89-69-62-68(77(86)92-66-74(84)94-79(88)64-73(93-71(79)65-83)82-58-57-72(81-78(82)87)80-76(85)67-55-50-49-51-56-67)63-70(90-60-53-47-44-41-38-35-32-29-26-23-20-17-14-11-8-5-2)75(69)91-61-54-48-45-42-39-36-33-30-27-24-21-18-15-12-9-6-3/h49-51,55-58,62-63,71,73,83,88H,4-48,52-54,59-61,64-66H2,1-3H3,(H,80,81,85,87)/t71-,73-,79-/m1/s1. The number of nitrogens with one attached hydrogen (secondary N) is 1. The number of aliphatic hydroxyl groups is 2. The number of unbranched alkanes of at least 4 members (excludes halogenated alkanes) is 45. The van der Waals surface area contributed by atoms with Gasteiger partial charge < -0.3 is 44.0 Å². The number of benzene rings is 2. The Morgan fingerprint density at radius 2 is 0.872 bits per heavy atom. The van der Waals surface area contributed by atoms with Gasteiger partial charge in [-0.15, -0.1) is 0 Å². The van der Waals surface area contributed by atoms with Crippen LogP contribution >= 0.6 is 0 Å². The number of hydrogen-bond acceptors (Lipinski definition) is 13. The lowest BCUT2D eigenvalue weighted by atomic mass is 10.0. The number of aliphatic hydroxyl groups excluding tert-OH is 1. The predicted octanol–water partition coefficient (Wildman–Crippen LogP) is 20.8. The monoisotopic (exact) mass is 1310 g/mol. The van der Waals surface area contributed by atoms with E-state index in [1.165, 1.54) is 263 Å². The molecule has 0 spiro atoms. The van der Waals surface area contributed by atoms with Gasteiger partial charge in [0.25, 0.3) is 5.91 Å². The first kappa shape index (κ1) is 81.4. The summed E-state index contributed by atoms with van der Waals surface area (Å²) >= 11 is 0. The summed E-state index contributed by atoms with van der Waals surface area (Å²) in [5.74, 6) is -3.62. The molecule has 534 valence electrons. The van der Waals surface area contributed by atoms with Crippen LogP contribution in [0.4, 0.5) is 5.82 Å². The van der Waals surface area contributed by atoms with Crippen molar-refractivity contribution in [3.8, 4) is 17.2 Å². The third-order valence-corrected chi connectivity index (χ3v) is 18.5. The van der Waals surface area contributed by atoms with E-state index >= 15 is 0 Å². The maximum atomic E-state index is 14.1. The van der Waals surface area contributed by atoms with E-state index in [0.717, 1.165) is 62.4 Å². The normalized spacial score (nSPS) is 15.3. The summed E-state index contributed by atoms with van der Waals surface area (Å²) in [5, 5.41) is 24.5. The second-order valence-electron chi connectivity index (χ2n) is 26.9. The lowest BCUT2D eigenvalue weighted by Gasteiger charge is -2.26. The molecular weight excluding hydrogens is 1180 g/mol. The van der Waals surface area contributed by atoms with Crippen molar-refractivity contribution in [3.63, 3.8) is 0 Å². The maximum Gasteiger partial charge on any atom is 0.351 e. The van der Waals surface area contributed by atoms with Crippen LogP contribution in [0.15, 0.2) is 59.5 Å². The molecule has 15 heteroatoms. The van der Waals surface area contributed by atoms with Gasteiger partial charge in [0.2, 0.25) is 11.5 Å². The van der Waals surface area contributed by atoms with Crippen molar-refractivity contribution in [1.82, 2.24) is 9.55 Å². The molecule has 3 aromatic rings. The molecule has 0 aliphatic carbocycles. The van der Waals surface area contributed by atoms with Gasteiger partial charge >= 0.3 is 17.6 Å². The van der Waals surface area contributed by atoms with Crippen LogP contribution in [0.3, 0.4) is 0 Å². The fourth-order valence-corrected chi connectivity index (χ4v) is 12.6. The van der Waals surface area contributed by atoms with Crippen molar-refractivity contribution in [2.45, 2.75) is 354 Å². The van der Waals surface area contributed by atoms with Gasteiger partial charge in [-0.1, -0.05) is 328 Å². The number of rotatable bonds is 62. The third-order valence-electron chi connectivity index (χ3n) is 18.5. The Balaban J connectivity index is 1.37. The minimum Gasteiger partial charge on any atom is -0.490 e. The zero-order valence-corrected chi connectivity index (χ0v) is 59.4. The van der Waals surface area contributed by atoms with Crippen LogP contribution in [0, 0.1) is 0 Å². The molecule has 1 fully saturated rings. The van der Waals surface area contributed by atoms with E-state index in [1.54, 1.807) is 42.5 Å². The molecule has 1 aliphatic heterocycles. The van der Waals surface area contributed by atoms with Crippen molar-refractivity contribution < 1.29 is 53.0 Å². The smallest absolute Gasteiger partial charge is 0.351 e. The lowest BCUT2D eigenvalue weighted by Crippen LogP contribution is -2.45. The van der Waals surface area contributed by atoms with Crippen LogP contribution in [0.1, 0.15) is 362 Å². The topological polar surface area (TPSA) is 194 Å². The highest BCUT2D eigenvalue weighted by molar-refractivity contribution is 6.03. The first-order valence-electron chi connectivity index (χ1n) is 38.5. The van der Waals surface area contributed by atoms with Crippen molar-refractivity contribution in [3.05, 3.63) is 76.3 Å². The Morgan fingerprint density at radius 3 is 1.23 bits per heavy atom. The van der Waals surface area contributed by atoms with Crippen LogP contribution in [0.2, 0.25) is 0 Å². The van der Waals surface area contributed by atoms with E-state index in [2.05, 4.69) is 31.1 Å². The van der Waals surface area contributed by atoms with Gasteiger partial charge in [-0.2, -0.15) is 4.98 Å². The summed E-state index contributed by atoms with van der Waals surface area (Å²) in [6.45, 7) is 6.47. The Kier molecular flexibility index (Phi) is 46.8. The molecule has 1 saturated heterocycles. The summed E-state index contributed by atoms with van der Waals surface area (Å²) < 4.78 is 37.6. The molecule has 3 N–H and O–H groups in total. The number of carbonyl (C=O) groups is 3. The summed E-state index contributed by atoms with van der Waals surface area (Å²) in [6.07, 6.45) is 59.1. The number of ether oxygens (including phenoxy) is 6. The molecule has 15 nitrogen and oxygen atoms in total. The van der Waals surface area contributed by atoms with Crippen LogP contribution < -0.4 is 25.2 Å². The Labute approximate surface area is 569 Å². The lowest BCUT2D eigenvalue weighted by molar-refractivity contribution is -0.233. The molecule has 0 radical (unpaired) electrons. The first-order chi connectivity index (χ1) is 46.1. The van der Waals surface area contributed by atoms with E-state index in [4.69, 9.17) is 28.4 Å². The van der Waals surface area contributed by atoms with E-state index < -0.39 is 61.3 Å². The Bertz CT molecular complexity index is 2380. The van der Waals surface area contributed by atoms with E-state index in [-0.39, 0.29) is 11.4 Å². The van der Waals surface area contributed by atoms with Crippen LogP contribution in [0.5, 0.6) is 17.2 Å². The highest BCUT2D eigenvalue weighted by Gasteiger charge is 2.51. The van der Waals surface area contributed by atoms with E-state index in [1.807, 2.05) is 0 Å². The van der Waals surface area contributed by atoms with Crippen molar-refractivity contribution in [1.29, 1.82) is 0 Å². The highest BCUT2D eigenvalue weighted by atomic mass is 16.7. The van der Waals surface area contributed by atoms with E-state index in [0.29, 0.717) is 42.6 Å². The molecular formula is C79H131N3O12. The van der Waals surface area contributed by atoms with Crippen LogP contribution in [-0.2, 0) is 19.0 Å². The molecule has 0 saturated carbocycles. The molecule has 2 aromatic carbocycles. The fraction of sp³-hybridized carbons (Fsp3) is 0.759. The zero-order chi connectivity index (χ0) is 67.2. The summed E-state index contributed by atoms with van der Waals surface area (Å²) in [4.78, 5) is 57.4. The van der Waals surface area contributed by atoms with Gasteiger partial charge in [-0.25, -0.2) is 14.4 Å². The molecule has 2 heterocycles. The zero-order valence-electron chi connectivity index (χ0n) is 59.4. The average Bonchev–Trinajstić information content (AvgIpc) is 1.63. The first-order valence-corrected chi connectivity index (χ1v) is 38.5. The number of nitrogens with zero attached hydrogens (tertiary/aromatic N) is 2. The molecule has 0 unspecified atom stereocenters. The second-order valence-corrected chi connectivity index (χ2v) is 26.9. The van der Waals surface area contributed by atoms with E-state index in [9.17, 15) is 29.4 Å². The van der Waals surface area contributed by atoms with Crippen molar-refractivity contribution >= 4 is 23.7 Å². The summed E-state index contributed by atoms with van der Waals surface area (Å²) in [6, 6.07) is 13.0. The van der Waals surface area contributed by atoms with Crippen molar-refractivity contribution in [2.24, 2.45) is 0 Å². The van der Waals surface area contributed by atoms with Gasteiger partial charge in [0.1, 0.15) is 18.1 Å². The summed E-state index contributed by atoms with van der Waals surface area (Å²) in [5.41, 5.74) is -0.354. The minimum atomic E-state index is -2.41. The molecule has 4 rings (SSSR count). The van der Waals surface area contributed by atoms with Gasteiger partial charge in [0.15, 0.2) is 18.1 Å². The molecule has 0 bridgehead atoms.